The van der Waals surface area contributed by atoms with Gasteiger partial charge < -0.3 is 19.9 Å². The Morgan fingerprint density at radius 3 is 2.67 bits per heavy atom. The molecular weight excluding hydrogens is 437 g/mol. The van der Waals surface area contributed by atoms with Crippen molar-refractivity contribution in [2.45, 2.75) is 19.5 Å². The zero-order valence-electron chi connectivity index (χ0n) is 17.5. The highest BCUT2D eigenvalue weighted by Gasteiger charge is 2.40. The monoisotopic (exact) mass is 456 g/mol. The average Bonchev–Trinajstić information content (AvgIpc) is 3.20. The third-order valence-electron chi connectivity index (χ3n) is 6.11. The van der Waals surface area contributed by atoms with Crippen molar-refractivity contribution in [1.29, 1.82) is 0 Å². The Labute approximate surface area is 186 Å². The molecule has 1 unspecified atom stereocenters. The summed E-state index contributed by atoms with van der Waals surface area (Å²) >= 11 is 0. The number of halogens is 3. The van der Waals surface area contributed by atoms with E-state index in [0.717, 1.165) is 30.4 Å². The van der Waals surface area contributed by atoms with E-state index in [9.17, 15) is 23.5 Å². The minimum absolute atomic E-state index is 0.0445. The molecular formula is C23H19F3N4O3. The molecule has 0 amide bonds. The van der Waals surface area contributed by atoms with Crippen LogP contribution in [0.1, 0.15) is 29.0 Å². The third kappa shape index (κ3) is 3.46. The van der Waals surface area contributed by atoms with Gasteiger partial charge in [0.2, 0.25) is 0 Å². The van der Waals surface area contributed by atoms with Crippen molar-refractivity contribution in [2.24, 2.45) is 5.92 Å². The fourth-order valence-electron chi connectivity index (χ4n) is 4.44. The lowest BCUT2D eigenvalue weighted by atomic mass is 9.92. The van der Waals surface area contributed by atoms with Gasteiger partial charge in [0.05, 0.1) is 11.3 Å². The van der Waals surface area contributed by atoms with Gasteiger partial charge in [-0.3, -0.25) is 9.59 Å². The second-order valence-corrected chi connectivity index (χ2v) is 8.17. The maximum absolute atomic E-state index is 15.2. The minimum atomic E-state index is -1.55. The van der Waals surface area contributed by atoms with Crippen molar-refractivity contribution in [3.8, 4) is 11.3 Å². The molecule has 10 heteroatoms. The highest BCUT2D eigenvalue weighted by Crippen LogP contribution is 2.39. The lowest BCUT2D eigenvalue weighted by Crippen LogP contribution is -2.41. The summed E-state index contributed by atoms with van der Waals surface area (Å²) in [5.41, 5.74) is 0.955. The van der Waals surface area contributed by atoms with Gasteiger partial charge in [0, 0.05) is 49.2 Å². The van der Waals surface area contributed by atoms with Crippen molar-refractivity contribution < 1.29 is 27.9 Å². The fraction of sp³-hybridized carbons (Fsp3) is 0.261. The van der Waals surface area contributed by atoms with E-state index >= 15 is 4.39 Å². The molecule has 0 radical (unpaired) electrons. The van der Waals surface area contributed by atoms with Crippen LogP contribution >= 0.6 is 0 Å². The zero-order valence-corrected chi connectivity index (χ0v) is 17.5. The minimum Gasteiger partial charge on any atom is -0.481 e. The average molecular weight is 456 g/mol. The van der Waals surface area contributed by atoms with Crippen LogP contribution in [0, 0.1) is 23.4 Å². The van der Waals surface area contributed by atoms with Gasteiger partial charge in [-0.05, 0) is 31.2 Å². The summed E-state index contributed by atoms with van der Waals surface area (Å²) in [4.78, 5) is 30.0. The number of carboxylic acid groups (broad SMARTS) is 1. The second-order valence-electron chi connectivity index (χ2n) is 8.17. The molecule has 1 aromatic carbocycles. The van der Waals surface area contributed by atoms with E-state index in [0.29, 0.717) is 18.2 Å². The number of pyridine rings is 1. The molecule has 2 aliphatic heterocycles. The van der Waals surface area contributed by atoms with Crippen LogP contribution in [-0.2, 0) is 11.3 Å². The van der Waals surface area contributed by atoms with Gasteiger partial charge in [0.1, 0.15) is 34.9 Å². The Hall–Kier alpha value is -3.66. The lowest BCUT2D eigenvalue weighted by Gasteiger charge is -2.33. The first kappa shape index (κ1) is 21.2. The molecule has 0 saturated carbocycles. The van der Waals surface area contributed by atoms with Crippen LogP contribution in [0.2, 0.25) is 0 Å². The predicted octanol–water partition coefficient (Wildman–Crippen LogP) is 3.67. The van der Waals surface area contributed by atoms with Crippen molar-refractivity contribution in [3.05, 3.63) is 65.2 Å². The topological polar surface area (TPSA) is 87.5 Å². The summed E-state index contributed by atoms with van der Waals surface area (Å²) in [6.45, 7) is 3.01. The SMILES string of the molecule is C[C@@H]1NCCn2cc(-c3nc4c(cc3F)C(=O)C(C(=O)O)CN4c3ccc(F)cc3F)cc21. The molecule has 5 rings (SSSR count). The summed E-state index contributed by atoms with van der Waals surface area (Å²) in [6.07, 6.45) is 1.76. The van der Waals surface area contributed by atoms with Crippen LogP contribution < -0.4 is 10.2 Å². The number of carbonyl (C=O) groups excluding carboxylic acids is 1. The van der Waals surface area contributed by atoms with E-state index in [2.05, 4.69) is 10.3 Å². The number of nitrogens with zero attached hydrogens (tertiary/aromatic N) is 3. The Balaban J connectivity index is 1.69. The van der Waals surface area contributed by atoms with Crippen LogP contribution in [0.25, 0.3) is 11.3 Å². The van der Waals surface area contributed by atoms with Gasteiger partial charge in [0.15, 0.2) is 5.78 Å². The summed E-state index contributed by atoms with van der Waals surface area (Å²) < 4.78 is 45.3. The largest absolute Gasteiger partial charge is 0.481 e. The lowest BCUT2D eigenvalue weighted by molar-refractivity contribution is -0.139. The fourth-order valence-corrected chi connectivity index (χ4v) is 4.44. The first-order valence-electron chi connectivity index (χ1n) is 10.4. The van der Waals surface area contributed by atoms with Gasteiger partial charge in [-0.25, -0.2) is 18.2 Å². The summed E-state index contributed by atoms with van der Waals surface area (Å²) in [6, 6.07) is 5.60. The Bertz CT molecular complexity index is 1310. The zero-order chi connectivity index (χ0) is 23.4. The van der Waals surface area contributed by atoms with E-state index < -0.39 is 41.7 Å². The standard InChI is InChI=1S/C23H19F3N4O3/c1-11-19-6-12(9-29(19)5-4-27-11)20-17(26)8-14-21(31)15(23(32)33)10-30(22(14)28-20)18-3-2-13(24)7-16(18)25/h2-3,6-9,11,15,27H,4-5,10H2,1H3,(H,32,33)/t11-,15?/m0/s1. The van der Waals surface area contributed by atoms with E-state index in [1.165, 1.54) is 4.90 Å². The van der Waals surface area contributed by atoms with Crippen LogP contribution in [0.3, 0.4) is 0 Å². The number of hydrogen-bond donors (Lipinski definition) is 2. The highest BCUT2D eigenvalue weighted by molar-refractivity contribution is 6.13. The number of carboxylic acids is 1. The molecule has 0 bridgehead atoms. The van der Waals surface area contributed by atoms with Crippen LogP contribution in [0.5, 0.6) is 0 Å². The van der Waals surface area contributed by atoms with Gasteiger partial charge in [-0.15, -0.1) is 0 Å². The molecule has 2 aliphatic rings. The number of rotatable bonds is 3. The first-order chi connectivity index (χ1) is 15.7. The molecule has 4 heterocycles. The molecule has 2 N–H and O–H groups in total. The maximum Gasteiger partial charge on any atom is 0.316 e. The van der Waals surface area contributed by atoms with E-state index in [1.807, 2.05) is 11.5 Å². The van der Waals surface area contributed by atoms with Crippen LogP contribution in [0.15, 0.2) is 36.5 Å². The van der Waals surface area contributed by atoms with Gasteiger partial charge in [-0.2, -0.15) is 0 Å². The van der Waals surface area contributed by atoms with Crippen molar-refractivity contribution in [1.82, 2.24) is 14.9 Å². The quantitative estimate of drug-likeness (QED) is 0.585. The van der Waals surface area contributed by atoms with Gasteiger partial charge >= 0.3 is 5.97 Å². The Morgan fingerprint density at radius 2 is 1.97 bits per heavy atom. The van der Waals surface area contributed by atoms with E-state index in [4.69, 9.17) is 0 Å². The number of fused-ring (bicyclic) bond motifs is 2. The summed E-state index contributed by atoms with van der Waals surface area (Å²) in [7, 11) is 0. The molecule has 0 aliphatic carbocycles. The number of nitrogens with one attached hydrogen (secondary N) is 1. The van der Waals surface area contributed by atoms with Crippen LogP contribution in [-0.4, -0.2) is 39.5 Å². The number of carbonyl (C=O) groups is 2. The Morgan fingerprint density at radius 1 is 1.18 bits per heavy atom. The number of aliphatic carboxylic acids is 1. The maximum atomic E-state index is 15.2. The molecule has 0 fully saturated rings. The first-order valence-corrected chi connectivity index (χ1v) is 10.4. The third-order valence-corrected chi connectivity index (χ3v) is 6.11. The Kier molecular flexibility index (Phi) is 4.97. The molecule has 2 atom stereocenters. The molecule has 170 valence electrons. The second kappa shape index (κ2) is 7.73. The normalized spacial score (nSPS) is 19.9. The van der Waals surface area contributed by atoms with Crippen molar-refractivity contribution in [3.63, 3.8) is 0 Å². The number of ketones is 1. The molecule has 2 aromatic heterocycles. The van der Waals surface area contributed by atoms with E-state index in [1.54, 1.807) is 12.3 Å². The van der Waals surface area contributed by atoms with Gasteiger partial charge in [0.25, 0.3) is 0 Å². The summed E-state index contributed by atoms with van der Waals surface area (Å²) in [5.74, 6) is -6.43. The van der Waals surface area contributed by atoms with Crippen molar-refractivity contribution >= 4 is 23.3 Å². The number of benzene rings is 1. The predicted molar refractivity (Wildman–Crippen MR) is 113 cm³/mol. The van der Waals surface area contributed by atoms with E-state index in [-0.39, 0.29) is 28.8 Å². The number of Topliss-reactive ketones (excluding diaryl/α,β-unsaturated/α-hetero) is 1. The molecule has 33 heavy (non-hydrogen) atoms. The number of aromatic nitrogens is 2. The van der Waals surface area contributed by atoms with Crippen molar-refractivity contribution in [2.75, 3.05) is 18.0 Å². The number of hydrogen-bond acceptors (Lipinski definition) is 5. The number of anilines is 2. The highest BCUT2D eigenvalue weighted by atomic mass is 19.1. The molecule has 0 spiro atoms. The molecule has 7 nitrogen and oxygen atoms in total. The smallest absolute Gasteiger partial charge is 0.316 e. The molecule has 0 saturated heterocycles. The molecule has 3 aromatic rings. The summed E-state index contributed by atoms with van der Waals surface area (Å²) in [5, 5.41) is 12.8. The van der Waals surface area contributed by atoms with Gasteiger partial charge in [-0.1, -0.05) is 0 Å². The van der Waals surface area contributed by atoms with Crippen LogP contribution in [0.4, 0.5) is 24.7 Å².